The van der Waals surface area contributed by atoms with Gasteiger partial charge in [-0.15, -0.1) is 0 Å². The number of aryl methyl sites for hydroxylation is 1. The lowest BCUT2D eigenvalue weighted by atomic mass is 9.98. The molecule has 1 heterocycles. The summed E-state index contributed by atoms with van der Waals surface area (Å²) in [4.78, 5) is 15.4. The molecule has 0 unspecified atom stereocenters. The third-order valence-electron chi connectivity index (χ3n) is 4.13. The average molecular weight is 313 g/mol. The van der Waals surface area contributed by atoms with Crippen molar-refractivity contribution in [3.8, 4) is 11.5 Å². The number of aromatic nitrogens is 1. The fourth-order valence-electron chi connectivity index (χ4n) is 3.06. The molecule has 0 spiro atoms. The second kappa shape index (κ2) is 5.83. The van der Waals surface area contributed by atoms with Crippen LogP contribution in [0.15, 0.2) is 24.3 Å². The number of hydrogen-bond donors (Lipinski definition) is 1. The van der Waals surface area contributed by atoms with Gasteiger partial charge in [-0.1, -0.05) is 6.92 Å². The summed E-state index contributed by atoms with van der Waals surface area (Å²) in [5.74, 6) is 1.00. The van der Waals surface area contributed by atoms with Crippen molar-refractivity contribution in [2.24, 2.45) is 0 Å². The van der Waals surface area contributed by atoms with Crippen molar-refractivity contribution in [1.29, 1.82) is 0 Å². The summed E-state index contributed by atoms with van der Waals surface area (Å²) < 4.78 is 15.7. The predicted molar refractivity (Wildman–Crippen MR) is 89.6 cm³/mol. The van der Waals surface area contributed by atoms with Crippen molar-refractivity contribution >= 4 is 27.8 Å². The molecule has 0 saturated heterocycles. The number of fused-ring (bicyclic) bond motifs is 3. The molecule has 0 aliphatic heterocycles. The second-order valence-corrected chi connectivity index (χ2v) is 5.24. The molecule has 0 radical (unpaired) electrons. The highest BCUT2D eigenvalue weighted by atomic mass is 16.5. The van der Waals surface area contributed by atoms with E-state index in [9.17, 15) is 4.79 Å². The molecule has 0 fully saturated rings. The Hall–Kier alpha value is -2.69. The van der Waals surface area contributed by atoms with Crippen LogP contribution in [0.25, 0.3) is 21.8 Å². The van der Waals surface area contributed by atoms with E-state index in [-0.39, 0.29) is 5.97 Å². The number of ether oxygens (including phenoxy) is 3. The van der Waals surface area contributed by atoms with Gasteiger partial charge in [0.25, 0.3) is 0 Å². The lowest BCUT2D eigenvalue weighted by Crippen LogP contribution is -2.05. The van der Waals surface area contributed by atoms with E-state index >= 15 is 0 Å². The Morgan fingerprint density at radius 3 is 2.35 bits per heavy atom. The number of methoxy groups -OCH3 is 3. The van der Waals surface area contributed by atoms with Gasteiger partial charge in [-0.3, -0.25) is 0 Å². The van der Waals surface area contributed by atoms with Crippen molar-refractivity contribution in [1.82, 2.24) is 4.98 Å². The van der Waals surface area contributed by atoms with Gasteiger partial charge in [-0.25, -0.2) is 4.79 Å². The molecule has 5 nitrogen and oxygen atoms in total. The van der Waals surface area contributed by atoms with Gasteiger partial charge in [0, 0.05) is 22.4 Å². The summed E-state index contributed by atoms with van der Waals surface area (Å²) in [6.45, 7) is 2.03. The van der Waals surface area contributed by atoms with Crippen molar-refractivity contribution in [3.05, 3.63) is 35.4 Å². The Balaban J connectivity index is 2.41. The summed E-state index contributed by atoms with van der Waals surface area (Å²) in [7, 11) is 4.62. The predicted octanol–water partition coefficient (Wildman–Crippen LogP) is 3.69. The largest absolute Gasteiger partial charge is 0.493 e. The first-order valence-electron chi connectivity index (χ1n) is 7.42. The number of carbonyl (C=O) groups excluding carboxylic acids is 1. The van der Waals surface area contributed by atoms with Gasteiger partial charge in [0.1, 0.15) is 0 Å². The second-order valence-electron chi connectivity index (χ2n) is 5.24. The topological polar surface area (TPSA) is 60.6 Å². The molecule has 120 valence electrons. The van der Waals surface area contributed by atoms with Crippen LogP contribution < -0.4 is 9.47 Å². The van der Waals surface area contributed by atoms with Crippen molar-refractivity contribution in [3.63, 3.8) is 0 Å². The molecule has 5 heteroatoms. The molecule has 0 aliphatic rings. The van der Waals surface area contributed by atoms with Gasteiger partial charge in [0.15, 0.2) is 11.5 Å². The van der Waals surface area contributed by atoms with Gasteiger partial charge < -0.3 is 19.2 Å². The van der Waals surface area contributed by atoms with Gasteiger partial charge in [0.2, 0.25) is 0 Å². The highest BCUT2D eigenvalue weighted by Gasteiger charge is 2.18. The highest BCUT2D eigenvalue weighted by Crippen LogP contribution is 2.38. The van der Waals surface area contributed by atoms with Crippen LogP contribution in [0.4, 0.5) is 0 Å². The molecule has 0 atom stereocenters. The van der Waals surface area contributed by atoms with E-state index in [4.69, 9.17) is 14.2 Å². The Bertz CT molecular complexity index is 895. The van der Waals surface area contributed by atoms with Crippen LogP contribution in [0.2, 0.25) is 0 Å². The zero-order valence-corrected chi connectivity index (χ0v) is 13.6. The lowest BCUT2D eigenvalue weighted by molar-refractivity contribution is 0.0600. The molecule has 0 bridgehead atoms. The van der Waals surface area contributed by atoms with Crippen LogP contribution in [0.5, 0.6) is 11.5 Å². The number of aromatic amines is 1. The standard InChI is InChI=1S/C18H19NO4/c1-5-10-11(18(20)23-4)6-7-13-17(10)12-8-15(21-2)16(22-3)9-14(12)19-13/h6-9,19H,5H2,1-4H3. The van der Waals surface area contributed by atoms with Crippen LogP contribution in [0.3, 0.4) is 0 Å². The van der Waals surface area contributed by atoms with E-state index in [1.807, 2.05) is 25.1 Å². The summed E-state index contributed by atoms with van der Waals surface area (Å²) in [5.41, 5.74) is 3.47. The molecular formula is C18H19NO4. The first-order chi connectivity index (χ1) is 11.1. The third kappa shape index (κ3) is 2.29. The van der Waals surface area contributed by atoms with Crippen molar-refractivity contribution < 1.29 is 19.0 Å². The number of rotatable bonds is 4. The quantitative estimate of drug-likeness (QED) is 0.746. The summed E-state index contributed by atoms with van der Waals surface area (Å²) in [6.07, 6.45) is 0.725. The summed E-state index contributed by atoms with van der Waals surface area (Å²) in [6, 6.07) is 7.55. The fraction of sp³-hybridized carbons (Fsp3) is 0.278. The van der Waals surface area contributed by atoms with Crippen LogP contribution >= 0.6 is 0 Å². The van der Waals surface area contributed by atoms with Gasteiger partial charge in [-0.05, 0) is 30.2 Å². The third-order valence-corrected chi connectivity index (χ3v) is 4.13. The Morgan fingerprint density at radius 1 is 1.04 bits per heavy atom. The van der Waals surface area contributed by atoms with Crippen molar-refractivity contribution in [2.45, 2.75) is 13.3 Å². The first-order valence-corrected chi connectivity index (χ1v) is 7.42. The number of benzene rings is 2. The van der Waals surface area contributed by atoms with Gasteiger partial charge in [-0.2, -0.15) is 0 Å². The van der Waals surface area contributed by atoms with Crippen LogP contribution in [-0.2, 0) is 11.2 Å². The minimum absolute atomic E-state index is 0.321. The average Bonchev–Trinajstić information content (AvgIpc) is 2.96. The molecule has 3 rings (SSSR count). The van der Waals surface area contributed by atoms with Gasteiger partial charge >= 0.3 is 5.97 Å². The number of esters is 1. The van der Waals surface area contributed by atoms with E-state index < -0.39 is 0 Å². The normalized spacial score (nSPS) is 11.0. The lowest BCUT2D eigenvalue weighted by Gasteiger charge is -2.09. The van der Waals surface area contributed by atoms with E-state index in [1.54, 1.807) is 20.3 Å². The van der Waals surface area contributed by atoms with Crippen LogP contribution in [0, 0.1) is 0 Å². The minimum Gasteiger partial charge on any atom is -0.493 e. The van der Waals surface area contributed by atoms with E-state index in [0.717, 1.165) is 33.8 Å². The van der Waals surface area contributed by atoms with Crippen LogP contribution in [0.1, 0.15) is 22.8 Å². The Kier molecular flexibility index (Phi) is 3.86. The Morgan fingerprint density at radius 2 is 1.74 bits per heavy atom. The zero-order chi connectivity index (χ0) is 16.6. The maximum Gasteiger partial charge on any atom is 0.338 e. The van der Waals surface area contributed by atoms with Crippen LogP contribution in [-0.4, -0.2) is 32.3 Å². The monoisotopic (exact) mass is 313 g/mol. The zero-order valence-electron chi connectivity index (χ0n) is 13.6. The molecule has 0 aliphatic carbocycles. The fourth-order valence-corrected chi connectivity index (χ4v) is 3.06. The van der Waals surface area contributed by atoms with E-state index in [1.165, 1.54) is 7.11 Å². The number of hydrogen-bond acceptors (Lipinski definition) is 4. The molecule has 3 aromatic rings. The summed E-state index contributed by atoms with van der Waals surface area (Å²) in [5, 5.41) is 2.02. The van der Waals surface area contributed by atoms with E-state index in [2.05, 4.69) is 4.98 Å². The minimum atomic E-state index is -0.321. The molecule has 0 saturated carbocycles. The first kappa shape index (κ1) is 15.2. The number of carbonyl (C=O) groups is 1. The summed E-state index contributed by atoms with van der Waals surface area (Å²) >= 11 is 0. The Labute approximate surface area is 134 Å². The molecule has 23 heavy (non-hydrogen) atoms. The maximum atomic E-state index is 12.0. The molecule has 2 aromatic carbocycles. The smallest absolute Gasteiger partial charge is 0.338 e. The molecule has 0 amide bonds. The highest BCUT2D eigenvalue weighted by molar-refractivity contribution is 6.12. The van der Waals surface area contributed by atoms with E-state index in [0.29, 0.717) is 17.1 Å². The van der Waals surface area contributed by atoms with Gasteiger partial charge in [0.05, 0.1) is 32.4 Å². The maximum absolute atomic E-state index is 12.0. The number of nitrogens with one attached hydrogen (secondary N) is 1. The van der Waals surface area contributed by atoms with Crippen molar-refractivity contribution in [2.75, 3.05) is 21.3 Å². The molecule has 1 N–H and O–H groups in total. The number of H-pyrrole nitrogens is 1. The SMILES string of the molecule is CCc1c(C(=O)OC)ccc2[nH]c3cc(OC)c(OC)cc3c12. The molecule has 1 aromatic heterocycles. The molecular weight excluding hydrogens is 294 g/mol.